The van der Waals surface area contributed by atoms with E-state index >= 15 is 0 Å². The number of rotatable bonds is 5. The maximum absolute atomic E-state index is 6.18. The van der Waals surface area contributed by atoms with Crippen molar-refractivity contribution in [3.63, 3.8) is 0 Å². The van der Waals surface area contributed by atoms with Gasteiger partial charge in [-0.1, -0.05) is 60.7 Å². The third-order valence-corrected chi connectivity index (χ3v) is 5.02. The molecule has 5 aromatic rings. The second-order valence-corrected chi connectivity index (χ2v) is 6.98. The smallest absolute Gasteiger partial charge is 0.229 e. The normalized spacial score (nSPS) is 10.8. The summed E-state index contributed by atoms with van der Waals surface area (Å²) in [6.45, 7) is 0. The lowest BCUT2D eigenvalue weighted by Crippen LogP contribution is -1.91. The van der Waals surface area contributed by atoms with Gasteiger partial charge in [-0.25, -0.2) is 4.98 Å². The zero-order chi connectivity index (χ0) is 20.3. The number of oxazole rings is 1. The first-order chi connectivity index (χ1) is 14.8. The van der Waals surface area contributed by atoms with Crippen molar-refractivity contribution < 1.29 is 9.15 Å². The molecule has 1 N–H and O–H groups in total. The highest BCUT2D eigenvalue weighted by atomic mass is 16.5. The van der Waals surface area contributed by atoms with E-state index in [-0.39, 0.29) is 0 Å². The van der Waals surface area contributed by atoms with Crippen LogP contribution in [0, 0.1) is 0 Å². The van der Waals surface area contributed by atoms with E-state index in [0.29, 0.717) is 11.8 Å². The average molecular weight is 392 g/mol. The van der Waals surface area contributed by atoms with E-state index in [2.05, 4.69) is 29.6 Å². The number of aromatic nitrogens is 1. The topological polar surface area (TPSA) is 47.3 Å². The summed E-state index contributed by atoms with van der Waals surface area (Å²) < 4.78 is 11.4. The summed E-state index contributed by atoms with van der Waals surface area (Å²) in [5.74, 6) is 1.96. The number of hydrogen-bond acceptors (Lipinski definition) is 4. The lowest BCUT2D eigenvalue weighted by molar-refractivity contribution is 0.415. The van der Waals surface area contributed by atoms with Gasteiger partial charge in [-0.3, -0.25) is 0 Å². The molecular weight excluding hydrogens is 372 g/mol. The molecule has 146 valence electrons. The second-order valence-electron chi connectivity index (χ2n) is 6.98. The van der Waals surface area contributed by atoms with Gasteiger partial charge in [-0.15, -0.1) is 0 Å². The summed E-state index contributed by atoms with van der Waals surface area (Å²) in [4.78, 5) is 4.79. The van der Waals surface area contributed by atoms with Crippen molar-refractivity contribution >= 4 is 22.3 Å². The largest absolute Gasteiger partial charge is 0.497 e. The van der Waals surface area contributed by atoms with Crippen LogP contribution in [0.1, 0.15) is 0 Å². The van der Waals surface area contributed by atoms with Crippen molar-refractivity contribution in [1.82, 2.24) is 4.98 Å². The minimum absolute atomic E-state index is 0.555. The third-order valence-electron chi connectivity index (χ3n) is 5.02. The van der Waals surface area contributed by atoms with Crippen molar-refractivity contribution in [3.8, 4) is 28.5 Å². The maximum Gasteiger partial charge on any atom is 0.229 e. The average Bonchev–Trinajstić information content (AvgIpc) is 3.23. The molecule has 0 amide bonds. The molecule has 1 aromatic heterocycles. The molecule has 0 atom stereocenters. The first kappa shape index (κ1) is 18.0. The van der Waals surface area contributed by atoms with Crippen LogP contribution in [0.2, 0.25) is 0 Å². The molecule has 0 radical (unpaired) electrons. The van der Waals surface area contributed by atoms with Crippen molar-refractivity contribution in [2.24, 2.45) is 0 Å². The predicted octanol–water partition coefficient (Wildman–Crippen LogP) is 6.91. The number of nitrogens with one attached hydrogen (secondary N) is 1. The number of nitrogens with zero attached hydrogens (tertiary/aromatic N) is 1. The summed E-state index contributed by atoms with van der Waals surface area (Å²) in [6, 6.07) is 32.3. The van der Waals surface area contributed by atoms with Gasteiger partial charge in [0.05, 0.1) is 7.11 Å². The molecule has 0 aliphatic heterocycles. The summed E-state index contributed by atoms with van der Waals surface area (Å²) in [7, 11) is 1.65. The monoisotopic (exact) mass is 392 g/mol. The Hall–Kier alpha value is -4.05. The maximum atomic E-state index is 6.18. The van der Waals surface area contributed by atoms with Crippen LogP contribution in [-0.4, -0.2) is 12.1 Å². The minimum Gasteiger partial charge on any atom is -0.497 e. The van der Waals surface area contributed by atoms with E-state index in [1.54, 1.807) is 7.11 Å². The first-order valence-corrected chi connectivity index (χ1v) is 9.77. The zero-order valence-electron chi connectivity index (χ0n) is 16.5. The van der Waals surface area contributed by atoms with Gasteiger partial charge in [0.2, 0.25) is 11.8 Å². The molecule has 0 fully saturated rings. The third kappa shape index (κ3) is 3.51. The van der Waals surface area contributed by atoms with Crippen molar-refractivity contribution in [2.75, 3.05) is 12.4 Å². The van der Waals surface area contributed by atoms with Crippen LogP contribution in [-0.2, 0) is 0 Å². The molecule has 0 aliphatic carbocycles. The molecule has 30 heavy (non-hydrogen) atoms. The Labute approximate surface area is 174 Å². The number of hydrogen-bond donors (Lipinski definition) is 1. The van der Waals surface area contributed by atoms with Gasteiger partial charge in [0.1, 0.15) is 11.4 Å². The lowest BCUT2D eigenvalue weighted by Gasteiger charge is -2.07. The van der Waals surface area contributed by atoms with E-state index < -0.39 is 0 Å². The van der Waals surface area contributed by atoms with Gasteiger partial charge in [-0.2, -0.15) is 0 Å². The zero-order valence-corrected chi connectivity index (χ0v) is 16.5. The molecule has 0 aliphatic rings. The minimum atomic E-state index is 0.555. The quantitative estimate of drug-likeness (QED) is 0.353. The fraction of sp³-hybridized carbons (Fsp3) is 0.0385. The van der Waals surface area contributed by atoms with Gasteiger partial charge in [0, 0.05) is 16.8 Å². The van der Waals surface area contributed by atoms with Crippen LogP contribution in [0.5, 0.6) is 5.75 Å². The standard InChI is InChI=1S/C26H20N2O2/c1-29-23-15-12-20(13-16-23)25-28-24(19-8-3-2-4-9-19)26(30-25)27-22-14-11-18-7-5-6-10-21(18)17-22/h2-17,27H,1H3. The number of benzene rings is 4. The second kappa shape index (κ2) is 7.76. The number of fused-ring (bicyclic) bond motifs is 1. The van der Waals surface area contributed by atoms with E-state index in [1.165, 1.54) is 10.8 Å². The Bertz CT molecular complexity index is 1290. The van der Waals surface area contributed by atoms with Gasteiger partial charge in [0.15, 0.2) is 0 Å². The van der Waals surface area contributed by atoms with Crippen LogP contribution < -0.4 is 10.1 Å². The van der Waals surface area contributed by atoms with Crippen LogP contribution in [0.4, 0.5) is 11.6 Å². The number of ether oxygens (including phenoxy) is 1. The highest BCUT2D eigenvalue weighted by Crippen LogP contribution is 2.35. The van der Waals surface area contributed by atoms with Crippen LogP contribution in [0.3, 0.4) is 0 Å². The molecule has 0 saturated carbocycles. The molecule has 4 heteroatoms. The molecular formula is C26H20N2O2. The predicted molar refractivity (Wildman–Crippen MR) is 121 cm³/mol. The van der Waals surface area contributed by atoms with Crippen LogP contribution >= 0.6 is 0 Å². The van der Waals surface area contributed by atoms with Gasteiger partial charge >= 0.3 is 0 Å². The first-order valence-electron chi connectivity index (χ1n) is 9.77. The highest BCUT2D eigenvalue weighted by Gasteiger charge is 2.17. The molecule has 4 aromatic carbocycles. The van der Waals surface area contributed by atoms with Crippen LogP contribution in [0.25, 0.3) is 33.5 Å². The molecule has 0 saturated heterocycles. The fourth-order valence-corrected chi connectivity index (χ4v) is 3.45. The van der Waals surface area contributed by atoms with Crippen molar-refractivity contribution in [1.29, 1.82) is 0 Å². The molecule has 1 heterocycles. The van der Waals surface area contributed by atoms with E-state index in [1.807, 2.05) is 72.8 Å². The Morgan fingerprint density at radius 3 is 2.23 bits per heavy atom. The Kier molecular flexibility index (Phi) is 4.66. The van der Waals surface area contributed by atoms with Crippen LogP contribution in [0.15, 0.2) is 101 Å². The summed E-state index contributed by atoms with van der Waals surface area (Å²) in [5, 5.41) is 5.78. The Balaban J connectivity index is 1.57. The SMILES string of the molecule is COc1ccc(-c2nc(-c3ccccc3)c(Nc3ccc4ccccc4c3)o2)cc1. The van der Waals surface area contributed by atoms with E-state index in [0.717, 1.165) is 28.3 Å². The molecule has 0 unspecified atom stereocenters. The summed E-state index contributed by atoms with van der Waals surface area (Å²) in [6.07, 6.45) is 0. The summed E-state index contributed by atoms with van der Waals surface area (Å²) in [5.41, 5.74) is 3.60. The van der Waals surface area contributed by atoms with Gasteiger partial charge in [-0.05, 0) is 47.2 Å². The lowest BCUT2D eigenvalue weighted by atomic mass is 10.1. The number of anilines is 2. The molecule has 4 nitrogen and oxygen atoms in total. The molecule has 0 bridgehead atoms. The fourth-order valence-electron chi connectivity index (χ4n) is 3.45. The van der Waals surface area contributed by atoms with Gasteiger partial charge < -0.3 is 14.5 Å². The summed E-state index contributed by atoms with van der Waals surface area (Å²) >= 11 is 0. The van der Waals surface area contributed by atoms with E-state index in [9.17, 15) is 0 Å². The van der Waals surface area contributed by atoms with Gasteiger partial charge in [0.25, 0.3) is 0 Å². The van der Waals surface area contributed by atoms with E-state index in [4.69, 9.17) is 14.1 Å². The van der Waals surface area contributed by atoms with Crippen molar-refractivity contribution in [3.05, 3.63) is 97.1 Å². The Morgan fingerprint density at radius 1 is 0.733 bits per heavy atom. The molecule has 0 spiro atoms. The highest BCUT2D eigenvalue weighted by molar-refractivity contribution is 5.87. The molecule has 5 rings (SSSR count). The number of methoxy groups -OCH3 is 1. The Morgan fingerprint density at radius 2 is 1.47 bits per heavy atom. The van der Waals surface area contributed by atoms with Crippen molar-refractivity contribution in [2.45, 2.75) is 0 Å².